The van der Waals surface area contributed by atoms with Gasteiger partial charge in [-0.1, -0.05) is 22.5 Å². The van der Waals surface area contributed by atoms with Gasteiger partial charge in [-0.2, -0.15) is 13.5 Å². The zero-order valence-electron chi connectivity index (χ0n) is 12.2. The van der Waals surface area contributed by atoms with Crippen molar-refractivity contribution < 1.29 is 13.3 Å². The van der Waals surface area contributed by atoms with Crippen LogP contribution in [0.5, 0.6) is 0 Å². The molecule has 0 spiro atoms. The highest BCUT2D eigenvalue weighted by Crippen LogP contribution is 2.09. The minimum atomic E-state index is -3.78. The maximum Gasteiger partial charge on any atom is 0.514 e. The van der Waals surface area contributed by atoms with E-state index in [0.29, 0.717) is 5.71 Å². The van der Waals surface area contributed by atoms with Gasteiger partial charge in [0.1, 0.15) is 6.54 Å². The van der Waals surface area contributed by atoms with Crippen molar-refractivity contribution in [2.45, 2.75) is 25.3 Å². The summed E-state index contributed by atoms with van der Waals surface area (Å²) in [6, 6.07) is 6.27. The van der Waals surface area contributed by atoms with E-state index in [1.54, 1.807) is 12.1 Å². The lowest BCUT2D eigenvalue weighted by atomic mass is 10.2. The zero-order valence-corrected chi connectivity index (χ0v) is 13.1. The number of aromatic nitrogens is 4. The number of aryl methyl sites for hydroxylation is 1. The fourth-order valence-electron chi connectivity index (χ4n) is 1.52. The van der Waals surface area contributed by atoms with Gasteiger partial charge in [0.25, 0.3) is 10.0 Å². The molecule has 1 aromatic carbocycles. The van der Waals surface area contributed by atoms with Crippen LogP contribution in [0.3, 0.4) is 0 Å². The van der Waals surface area contributed by atoms with Crippen LogP contribution in [0.4, 0.5) is 5.95 Å². The second kappa shape index (κ2) is 6.48. The van der Waals surface area contributed by atoms with Gasteiger partial charge in [0.15, 0.2) is 0 Å². The summed E-state index contributed by atoms with van der Waals surface area (Å²) in [4.78, 5) is 12.8. The summed E-state index contributed by atoms with van der Waals surface area (Å²) in [6.07, 6.45) is 0. The van der Waals surface area contributed by atoms with Crippen LogP contribution >= 0.6 is 0 Å². The van der Waals surface area contributed by atoms with E-state index < -0.39 is 20.9 Å². The van der Waals surface area contributed by atoms with E-state index in [-0.39, 0.29) is 11.4 Å². The second-order valence-electron chi connectivity index (χ2n) is 4.63. The van der Waals surface area contributed by atoms with Crippen LogP contribution in [-0.4, -0.2) is 39.3 Å². The molecule has 2 rings (SSSR count). The lowest BCUT2D eigenvalue weighted by Gasteiger charge is -2.04. The smallest absolute Gasteiger partial charge is 0.390 e. The Labute approximate surface area is 131 Å². The number of hydrogen-bond acceptors (Lipinski definition) is 8. The Morgan fingerprint density at radius 1 is 1.39 bits per heavy atom. The third-order valence-corrected chi connectivity index (χ3v) is 3.89. The summed E-state index contributed by atoms with van der Waals surface area (Å²) in [5.74, 6) is -0.641. The van der Waals surface area contributed by atoms with E-state index in [2.05, 4.69) is 25.3 Å². The van der Waals surface area contributed by atoms with Crippen molar-refractivity contribution in [3.05, 3.63) is 39.9 Å². The lowest BCUT2D eigenvalue weighted by molar-refractivity contribution is -0.394. The molecule has 0 saturated heterocycles. The molecular weight excluding hydrogens is 326 g/mol. The number of hydrogen-bond donors (Lipinski definition) is 1. The number of nitrogens with zero attached hydrogens (tertiary/aromatic N) is 6. The van der Waals surface area contributed by atoms with Gasteiger partial charge in [0, 0.05) is 5.21 Å². The third kappa shape index (κ3) is 4.29. The van der Waals surface area contributed by atoms with Gasteiger partial charge >= 0.3 is 5.95 Å². The average molecular weight is 339 g/mol. The summed E-state index contributed by atoms with van der Waals surface area (Å²) in [5, 5.41) is 24.4. The summed E-state index contributed by atoms with van der Waals surface area (Å²) < 4.78 is 24.1. The van der Waals surface area contributed by atoms with E-state index in [0.717, 1.165) is 10.4 Å². The molecule has 122 valence electrons. The summed E-state index contributed by atoms with van der Waals surface area (Å²) in [5.41, 5.74) is 1.23. The van der Waals surface area contributed by atoms with E-state index in [9.17, 15) is 18.5 Å². The quantitative estimate of drug-likeness (QED) is 0.451. The monoisotopic (exact) mass is 339 g/mol. The molecule has 23 heavy (non-hydrogen) atoms. The second-order valence-corrected chi connectivity index (χ2v) is 6.29. The first-order valence-corrected chi connectivity index (χ1v) is 7.80. The first-order valence-electron chi connectivity index (χ1n) is 6.32. The molecule has 0 atom stereocenters. The first kappa shape index (κ1) is 16.5. The van der Waals surface area contributed by atoms with Gasteiger partial charge in [0.2, 0.25) is 0 Å². The summed E-state index contributed by atoms with van der Waals surface area (Å²) in [6.45, 7) is 3.32. The molecular formula is C11H13N7O4S. The maximum atomic E-state index is 12.0. The van der Waals surface area contributed by atoms with Crippen LogP contribution < -0.4 is 4.83 Å². The molecule has 0 saturated carbocycles. The molecule has 0 radical (unpaired) electrons. The molecule has 0 aliphatic heterocycles. The number of tetrazole rings is 1. The Kier molecular flexibility index (Phi) is 4.64. The van der Waals surface area contributed by atoms with Crippen molar-refractivity contribution in [3.8, 4) is 0 Å². The molecule has 11 nitrogen and oxygen atoms in total. The predicted octanol–water partition coefficient (Wildman–Crippen LogP) is 0.244. The third-order valence-electron chi connectivity index (χ3n) is 2.66. The minimum absolute atomic E-state index is 0.0444. The Bertz CT molecular complexity index is 842. The molecule has 1 N–H and O–H groups in total. The maximum absolute atomic E-state index is 12.0. The summed E-state index contributed by atoms with van der Waals surface area (Å²) in [7, 11) is -3.78. The Balaban J connectivity index is 2.05. The molecule has 0 amide bonds. The number of benzene rings is 1. The molecule has 0 bridgehead atoms. The van der Waals surface area contributed by atoms with Gasteiger partial charge in [-0.15, -0.1) is 0 Å². The number of rotatable bonds is 6. The fraction of sp³-hybridized carbons (Fsp3) is 0.273. The lowest BCUT2D eigenvalue weighted by Crippen LogP contribution is -2.21. The van der Waals surface area contributed by atoms with Gasteiger partial charge in [-0.25, -0.2) is 4.83 Å². The first-order chi connectivity index (χ1) is 10.8. The van der Waals surface area contributed by atoms with Crippen LogP contribution in [0.1, 0.15) is 12.5 Å². The molecule has 12 heteroatoms. The Morgan fingerprint density at radius 2 is 2.04 bits per heavy atom. The molecule has 2 aromatic rings. The molecule has 0 aliphatic rings. The standard InChI is InChI=1S/C11H13N7O4S/c1-8-3-5-10(6-4-8)23(21,22)16-12-9(2)7-17-14-11(13-15-17)18(19)20/h3-6,16H,7H2,1-2H3. The highest BCUT2D eigenvalue weighted by atomic mass is 32.2. The van der Waals surface area contributed by atoms with Crippen molar-refractivity contribution in [2.24, 2.45) is 5.10 Å². The molecule has 0 fully saturated rings. The van der Waals surface area contributed by atoms with Crippen molar-refractivity contribution >= 4 is 21.7 Å². The van der Waals surface area contributed by atoms with Gasteiger partial charge in [-0.3, -0.25) is 0 Å². The van der Waals surface area contributed by atoms with E-state index in [1.807, 2.05) is 6.92 Å². The Morgan fingerprint density at radius 3 is 2.61 bits per heavy atom. The number of nitro groups is 1. The van der Waals surface area contributed by atoms with Gasteiger partial charge in [-0.05, 0) is 30.9 Å². The highest BCUT2D eigenvalue weighted by molar-refractivity contribution is 7.89. The van der Waals surface area contributed by atoms with E-state index in [4.69, 9.17) is 0 Å². The van der Waals surface area contributed by atoms with Crippen molar-refractivity contribution in [3.63, 3.8) is 0 Å². The van der Waals surface area contributed by atoms with Crippen molar-refractivity contribution in [2.75, 3.05) is 0 Å². The number of sulfonamides is 1. The normalized spacial score (nSPS) is 12.2. The van der Waals surface area contributed by atoms with Crippen molar-refractivity contribution in [1.29, 1.82) is 0 Å². The van der Waals surface area contributed by atoms with Crippen LogP contribution in [0.25, 0.3) is 0 Å². The zero-order chi connectivity index (χ0) is 17.0. The van der Waals surface area contributed by atoms with Crippen LogP contribution in [0, 0.1) is 17.0 Å². The molecule has 0 unspecified atom stereocenters. The van der Waals surface area contributed by atoms with Gasteiger partial charge < -0.3 is 10.1 Å². The van der Waals surface area contributed by atoms with Crippen LogP contribution in [-0.2, 0) is 16.6 Å². The number of hydrazone groups is 1. The molecule has 1 aromatic heterocycles. The van der Waals surface area contributed by atoms with Gasteiger partial charge in [0.05, 0.1) is 20.8 Å². The van der Waals surface area contributed by atoms with Crippen LogP contribution in [0.15, 0.2) is 34.3 Å². The fourth-order valence-corrected chi connectivity index (χ4v) is 2.40. The highest BCUT2D eigenvalue weighted by Gasteiger charge is 2.16. The van der Waals surface area contributed by atoms with E-state index >= 15 is 0 Å². The Hall–Kier alpha value is -2.89. The average Bonchev–Trinajstić information content (AvgIpc) is 2.94. The largest absolute Gasteiger partial charge is 0.514 e. The summed E-state index contributed by atoms with van der Waals surface area (Å²) >= 11 is 0. The predicted molar refractivity (Wildman–Crippen MR) is 79.1 cm³/mol. The minimum Gasteiger partial charge on any atom is -0.390 e. The topological polar surface area (TPSA) is 145 Å². The SMILES string of the molecule is CC(Cn1nnc([N+](=O)[O-])n1)=NNS(=O)(=O)c1ccc(C)cc1. The van der Waals surface area contributed by atoms with Crippen LogP contribution in [0.2, 0.25) is 0 Å². The molecule has 0 aliphatic carbocycles. The molecule has 1 heterocycles. The van der Waals surface area contributed by atoms with E-state index in [1.165, 1.54) is 19.1 Å². The number of nitrogens with one attached hydrogen (secondary N) is 1. The van der Waals surface area contributed by atoms with Crippen molar-refractivity contribution in [1.82, 2.24) is 25.0 Å².